The third-order valence-corrected chi connectivity index (χ3v) is 5.66. The van der Waals surface area contributed by atoms with Gasteiger partial charge < -0.3 is 14.6 Å². The Labute approximate surface area is 164 Å². The third-order valence-electron chi connectivity index (χ3n) is 4.53. The number of carboxylic acid groups (broad SMARTS) is 1. The first-order valence-corrected chi connectivity index (χ1v) is 10.8. The van der Waals surface area contributed by atoms with Gasteiger partial charge in [0, 0.05) is 25.9 Å². The molecule has 1 N–H and O–H groups in total. The lowest BCUT2D eigenvalue weighted by atomic mass is 10.1. The summed E-state index contributed by atoms with van der Waals surface area (Å²) in [6, 6.07) is 13.8. The molecule has 1 unspecified atom stereocenters. The summed E-state index contributed by atoms with van der Waals surface area (Å²) in [5.74, 6) is 0.387. The molecule has 1 saturated heterocycles. The molecule has 0 bridgehead atoms. The molecule has 150 valence electrons. The van der Waals surface area contributed by atoms with Crippen molar-refractivity contribution < 1.29 is 27.8 Å². The van der Waals surface area contributed by atoms with E-state index in [1.807, 2.05) is 24.3 Å². The molecule has 28 heavy (non-hydrogen) atoms. The zero-order chi connectivity index (χ0) is 20.1. The number of ether oxygens (including phenoxy) is 2. The number of hydrogen-bond donors (Lipinski definition) is 1. The molecular formula is C20H23NO6S. The molecule has 0 radical (unpaired) electrons. The molecule has 0 amide bonds. The zero-order valence-electron chi connectivity index (χ0n) is 15.6. The normalized spacial score (nSPS) is 18.0. The highest BCUT2D eigenvalue weighted by atomic mass is 32.2. The number of hydrogen-bond acceptors (Lipinski definition) is 6. The van der Waals surface area contributed by atoms with Crippen LogP contribution in [0.25, 0.3) is 0 Å². The lowest BCUT2D eigenvalue weighted by molar-refractivity contribution is -0.137. The minimum Gasteiger partial charge on any atom is -0.481 e. The quantitative estimate of drug-likeness (QED) is 0.757. The van der Waals surface area contributed by atoms with Gasteiger partial charge in [0.2, 0.25) is 0 Å². The van der Waals surface area contributed by atoms with Gasteiger partial charge in [-0.3, -0.25) is 9.69 Å². The van der Waals surface area contributed by atoms with Gasteiger partial charge in [0.1, 0.15) is 11.5 Å². The fourth-order valence-electron chi connectivity index (χ4n) is 3.00. The summed E-state index contributed by atoms with van der Waals surface area (Å²) in [5.41, 5.74) is 1.000. The van der Waals surface area contributed by atoms with E-state index < -0.39 is 15.8 Å². The van der Waals surface area contributed by atoms with Gasteiger partial charge in [0.05, 0.1) is 24.0 Å². The third kappa shape index (κ3) is 5.54. The number of carbonyl (C=O) groups is 1. The number of nitrogens with zero attached hydrogens (tertiary/aromatic N) is 1. The second kappa shape index (κ2) is 8.72. The number of carboxylic acids is 1. The summed E-state index contributed by atoms with van der Waals surface area (Å²) >= 11 is 0. The fraction of sp³-hybridized carbons (Fsp3) is 0.350. The summed E-state index contributed by atoms with van der Waals surface area (Å²) in [7, 11) is -3.23. The summed E-state index contributed by atoms with van der Waals surface area (Å²) in [6.07, 6.45) is 1.18. The Bertz CT molecular complexity index is 909. The van der Waals surface area contributed by atoms with Crippen molar-refractivity contribution in [3.63, 3.8) is 0 Å². The molecule has 1 aliphatic rings. The second-order valence-electron chi connectivity index (χ2n) is 6.72. The summed E-state index contributed by atoms with van der Waals surface area (Å²) in [5, 5.41) is 8.83. The van der Waals surface area contributed by atoms with E-state index in [0.717, 1.165) is 18.4 Å². The fourth-order valence-corrected chi connectivity index (χ4v) is 3.63. The van der Waals surface area contributed by atoms with Gasteiger partial charge in [-0.05, 0) is 42.0 Å². The smallest absolute Gasteiger partial charge is 0.304 e. The van der Waals surface area contributed by atoms with Crippen LogP contribution >= 0.6 is 0 Å². The molecule has 0 spiro atoms. The maximum absolute atomic E-state index is 11.5. The minimum absolute atomic E-state index is 0.106. The predicted octanol–water partition coefficient (Wildman–Crippen LogP) is 2.73. The molecule has 0 aromatic heterocycles. The first-order valence-electron chi connectivity index (χ1n) is 8.95. The average molecular weight is 405 g/mol. The average Bonchev–Trinajstić information content (AvgIpc) is 2.67. The Morgan fingerprint density at radius 3 is 2.32 bits per heavy atom. The van der Waals surface area contributed by atoms with Gasteiger partial charge in [-0.1, -0.05) is 12.1 Å². The Hall–Kier alpha value is -2.42. The second-order valence-corrected chi connectivity index (χ2v) is 8.73. The van der Waals surface area contributed by atoms with E-state index in [9.17, 15) is 13.2 Å². The number of morpholine rings is 1. The zero-order valence-corrected chi connectivity index (χ0v) is 16.4. The Kier molecular flexibility index (Phi) is 6.33. The molecule has 0 aliphatic carbocycles. The van der Waals surface area contributed by atoms with Gasteiger partial charge in [0.15, 0.2) is 9.84 Å². The van der Waals surface area contributed by atoms with E-state index in [-0.39, 0.29) is 17.4 Å². The molecule has 0 saturated carbocycles. The maximum Gasteiger partial charge on any atom is 0.304 e. The first-order chi connectivity index (χ1) is 13.3. The van der Waals surface area contributed by atoms with Crippen LogP contribution in [0.2, 0.25) is 0 Å². The highest BCUT2D eigenvalue weighted by Gasteiger charge is 2.22. The van der Waals surface area contributed by atoms with Crippen molar-refractivity contribution in [1.82, 2.24) is 4.90 Å². The van der Waals surface area contributed by atoms with Crippen LogP contribution in [0.4, 0.5) is 0 Å². The lowest BCUT2D eigenvalue weighted by Gasteiger charge is -2.32. The van der Waals surface area contributed by atoms with Crippen LogP contribution in [0.3, 0.4) is 0 Å². The van der Waals surface area contributed by atoms with Crippen molar-refractivity contribution in [3.8, 4) is 11.5 Å². The van der Waals surface area contributed by atoms with Crippen molar-refractivity contribution in [2.24, 2.45) is 0 Å². The van der Waals surface area contributed by atoms with Crippen molar-refractivity contribution in [1.29, 1.82) is 0 Å². The number of benzene rings is 2. The van der Waals surface area contributed by atoms with Gasteiger partial charge in [-0.2, -0.15) is 0 Å². The number of aliphatic carboxylic acids is 1. The maximum atomic E-state index is 11.5. The van der Waals surface area contributed by atoms with Crippen LogP contribution in [0, 0.1) is 0 Å². The van der Waals surface area contributed by atoms with Crippen LogP contribution in [-0.4, -0.2) is 56.9 Å². The van der Waals surface area contributed by atoms with E-state index in [1.54, 1.807) is 12.1 Å². The lowest BCUT2D eigenvalue weighted by Crippen LogP contribution is -2.39. The monoisotopic (exact) mass is 405 g/mol. The van der Waals surface area contributed by atoms with Crippen molar-refractivity contribution >= 4 is 15.8 Å². The SMILES string of the molecule is CS(=O)(=O)c1ccc(Oc2ccc(C3CN(CCC(=O)O)CCO3)cc2)cc1. The van der Waals surface area contributed by atoms with Gasteiger partial charge in [-0.15, -0.1) is 0 Å². The van der Waals surface area contributed by atoms with Gasteiger partial charge >= 0.3 is 5.97 Å². The highest BCUT2D eigenvalue weighted by molar-refractivity contribution is 7.90. The topological polar surface area (TPSA) is 93.1 Å². The van der Waals surface area contributed by atoms with Crippen LogP contribution in [0.1, 0.15) is 18.1 Å². The first kappa shape index (κ1) is 20.3. The van der Waals surface area contributed by atoms with E-state index in [1.165, 1.54) is 12.1 Å². The minimum atomic E-state index is -3.23. The van der Waals surface area contributed by atoms with Crippen LogP contribution in [0.15, 0.2) is 53.4 Å². The predicted molar refractivity (Wildman–Crippen MR) is 103 cm³/mol. The van der Waals surface area contributed by atoms with E-state index in [4.69, 9.17) is 14.6 Å². The summed E-state index contributed by atoms with van der Waals surface area (Å²) < 4.78 is 34.6. The number of rotatable bonds is 7. The van der Waals surface area contributed by atoms with Crippen LogP contribution < -0.4 is 4.74 Å². The van der Waals surface area contributed by atoms with E-state index in [2.05, 4.69) is 4.90 Å². The molecule has 1 fully saturated rings. The molecule has 3 rings (SSSR count). The molecule has 1 atom stereocenters. The van der Waals surface area contributed by atoms with Crippen LogP contribution in [-0.2, 0) is 19.4 Å². The standard InChI is InChI=1S/C20H23NO6S/c1-28(24,25)18-8-6-17(7-9-18)27-16-4-2-15(3-5-16)19-14-21(12-13-26-19)11-10-20(22)23/h2-9,19H,10-14H2,1H3,(H,22,23). The molecule has 1 aliphatic heterocycles. The molecule has 1 heterocycles. The molecule has 8 heteroatoms. The largest absolute Gasteiger partial charge is 0.481 e. The molecule has 7 nitrogen and oxygen atoms in total. The molecule has 2 aromatic carbocycles. The van der Waals surface area contributed by atoms with Crippen LogP contribution in [0.5, 0.6) is 11.5 Å². The van der Waals surface area contributed by atoms with Crippen molar-refractivity contribution in [2.75, 3.05) is 32.5 Å². The van der Waals surface area contributed by atoms with Gasteiger partial charge in [0.25, 0.3) is 0 Å². The summed E-state index contributed by atoms with van der Waals surface area (Å²) in [4.78, 5) is 13.1. The van der Waals surface area contributed by atoms with Gasteiger partial charge in [-0.25, -0.2) is 8.42 Å². The van der Waals surface area contributed by atoms with E-state index >= 15 is 0 Å². The summed E-state index contributed by atoms with van der Waals surface area (Å²) in [6.45, 7) is 2.46. The highest BCUT2D eigenvalue weighted by Crippen LogP contribution is 2.27. The van der Waals surface area contributed by atoms with Crippen molar-refractivity contribution in [3.05, 3.63) is 54.1 Å². The van der Waals surface area contributed by atoms with Crippen molar-refractivity contribution in [2.45, 2.75) is 17.4 Å². The number of sulfone groups is 1. The Morgan fingerprint density at radius 2 is 1.75 bits per heavy atom. The van der Waals surface area contributed by atoms with E-state index in [0.29, 0.717) is 31.2 Å². The Balaban J connectivity index is 1.61. The molecular weight excluding hydrogens is 382 g/mol. The molecule has 2 aromatic rings. The Morgan fingerprint density at radius 1 is 1.14 bits per heavy atom.